The van der Waals surface area contributed by atoms with Crippen LogP contribution in [0.3, 0.4) is 0 Å². The smallest absolute Gasteiger partial charge is 0.225 e. The van der Waals surface area contributed by atoms with E-state index in [9.17, 15) is 4.79 Å². The molecule has 0 spiro atoms. The van der Waals surface area contributed by atoms with Crippen molar-refractivity contribution in [3.63, 3.8) is 0 Å². The van der Waals surface area contributed by atoms with Crippen molar-refractivity contribution >= 4 is 5.91 Å². The van der Waals surface area contributed by atoms with Gasteiger partial charge in [0, 0.05) is 19.0 Å². The second kappa shape index (κ2) is 6.05. The van der Waals surface area contributed by atoms with Crippen LogP contribution in [0.15, 0.2) is 0 Å². The van der Waals surface area contributed by atoms with E-state index in [4.69, 9.17) is 0 Å². The zero-order chi connectivity index (χ0) is 10.4. The summed E-state index contributed by atoms with van der Waals surface area (Å²) < 4.78 is 0. The molecule has 1 saturated heterocycles. The maximum absolute atomic E-state index is 11.7. The van der Waals surface area contributed by atoms with Crippen LogP contribution in [-0.2, 0) is 4.79 Å². The molecule has 2 fully saturated rings. The molecule has 2 heteroatoms. The number of carbonyl (C=O) groups excluding carboxylic acids is 1. The van der Waals surface area contributed by atoms with Gasteiger partial charge in [-0.05, 0) is 32.1 Å². The summed E-state index contributed by atoms with van der Waals surface area (Å²) in [6.07, 6.45) is 7.32. The van der Waals surface area contributed by atoms with Gasteiger partial charge in [-0.1, -0.05) is 20.3 Å². The summed E-state index contributed by atoms with van der Waals surface area (Å²) in [5.74, 6) is 0.851. The van der Waals surface area contributed by atoms with E-state index in [1.54, 1.807) is 0 Å². The van der Waals surface area contributed by atoms with E-state index in [1.165, 1.54) is 25.7 Å². The summed E-state index contributed by atoms with van der Waals surface area (Å²) in [5, 5.41) is 0. The van der Waals surface area contributed by atoms with Crippen molar-refractivity contribution in [3.05, 3.63) is 0 Å². The third-order valence-electron chi connectivity index (χ3n) is 3.12. The Labute approximate surface area is 87.7 Å². The van der Waals surface area contributed by atoms with E-state index in [1.807, 2.05) is 13.8 Å². The summed E-state index contributed by atoms with van der Waals surface area (Å²) >= 11 is 0. The van der Waals surface area contributed by atoms with Gasteiger partial charge in [0.1, 0.15) is 0 Å². The Morgan fingerprint density at radius 2 is 1.57 bits per heavy atom. The molecule has 1 saturated carbocycles. The minimum atomic E-state index is 0.406. The van der Waals surface area contributed by atoms with Crippen LogP contribution in [0.4, 0.5) is 0 Å². The highest BCUT2D eigenvalue weighted by Crippen LogP contribution is 2.29. The molecule has 0 aromatic rings. The number of hydrogen-bond acceptors (Lipinski definition) is 1. The molecule has 14 heavy (non-hydrogen) atoms. The van der Waals surface area contributed by atoms with E-state index in [0.29, 0.717) is 11.8 Å². The first kappa shape index (κ1) is 11.5. The Morgan fingerprint density at radius 3 is 2.00 bits per heavy atom. The first-order valence-corrected chi connectivity index (χ1v) is 6.17. The highest BCUT2D eigenvalue weighted by molar-refractivity contribution is 5.79. The topological polar surface area (TPSA) is 20.3 Å². The lowest BCUT2D eigenvalue weighted by Gasteiger charge is -2.33. The Hall–Kier alpha value is -0.530. The minimum absolute atomic E-state index is 0.406. The molecular formula is C12H23NO. The number of carbonyl (C=O) groups is 1. The van der Waals surface area contributed by atoms with Crippen molar-refractivity contribution < 1.29 is 4.79 Å². The van der Waals surface area contributed by atoms with E-state index < -0.39 is 0 Å². The molecule has 0 unspecified atom stereocenters. The first-order valence-electron chi connectivity index (χ1n) is 6.17. The van der Waals surface area contributed by atoms with Crippen molar-refractivity contribution in [1.29, 1.82) is 0 Å². The monoisotopic (exact) mass is 197 g/mol. The molecule has 2 nitrogen and oxygen atoms in total. The van der Waals surface area contributed by atoms with E-state index in [-0.39, 0.29) is 0 Å². The van der Waals surface area contributed by atoms with Crippen molar-refractivity contribution in [2.75, 3.05) is 13.1 Å². The highest BCUT2D eigenvalue weighted by atomic mass is 16.2. The standard InChI is InChI=1S/C10H17NO.C2H6/c12-10(9-5-4-6-9)11-7-2-1-3-8-11;1-2/h9H,1-8H2;1-2H3. The fraction of sp³-hybridized carbons (Fsp3) is 0.917. The second-order valence-corrected chi connectivity index (χ2v) is 4.01. The van der Waals surface area contributed by atoms with Crippen LogP contribution in [-0.4, -0.2) is 23.9 Å². The molecule has 82 valence electrons. The van der Waals surface area contributed by atoms with Gasteiger partial charge >= 0.3 is 0 Å². The van der Waals surface area contributed by atoms with Crippen molar-refractivity contribution in [2.45, 2.75) is 52.4 Å². The van der Waals surface area contributed by atoms with Crippen LogP contribution in [0.5, 0.6) is 0 Å². The van der Waals surface area contributed by atoms with Crippen molar-refractivity contribution in [3.8, 4) is 0 Å². The van der Waals surface area contributed by atoms with Gasteiger partial charge in [0.15, 0.2) is 0 Å². The predicted molar refractivity (Wildman–Crippen MR) is 59.1 cm³/mol. The number of hydrogen-bond donors (Lipinski definition) is 0. The Kier molecular flexibility index (Phi) is 4.99. The van der Waals surface area contributed by atoms with Gasteiger partial charge in [0.25, 0.3) is 0 Å². The maximum Gasteiger partial charge on any atom is 0.225 e. The zero-order valence-corrected chi connectivity index (χ0v) is 9.59. The van der Waals surface area contributed by atoms with Crippen LogP contribution >= 0.6 is 0 Å². The van der Waals surface area contributed by atoms with Gasteiger partial charge in [-0.25, -0.2) is 0 Å². The molecule has 0 N–H and O–H groups in total. The van der Waals surface area contributed by atoms with E-state index in [0.717, 1.165) is 25.9 Å². The molecular weight excluding hydrogens is 174 g/mol. The van der Waals surface area contributed by atoms with E-state index >= 15 is 0 Å². The minimum Gasteiger partial charge on any atom is -0.342 e. The predicted octanol–water partition coefficient (Wildman–Crippen LogP) is 2.83. The Bertz CT molecular complexity index is 169. The van der Waals surface area contributed by atoms with Gasteiger partial charge in [-0.15, -0.1) is 0 Å². The lowest BCUT2D eigenvalue weighted by molar-refractivity contribution is -0.139. The van der Waals surface area contributed by atoms with Crippen molar-refractivity contribution in [2.24, 2.45) is 5.92 Å². The average Bonchev–Trinajstić information content (AvgIpc) is 2.20. The summed E-state index contributed by atoms with van der Waals surface area (Å²) in [6, 6.07) is 0. The fourth-order valence-corrected chi connectivity index (χ4v) is 2.03. The quantitative estimate of drug-likeness (QED) is 0.633. The first-order chi connectivity index (χ1) is 6.88. The maximum atomic E-state index is 11.7. The van der Waals surface area contributed by atoms with Crippen LogP contribution in [0.2, 0.25) is 0 Å². The molecule has 0 aromatic carbocycles. The lowest BCUT2D eigenvalue weighted by atomic mass is 9.84. The molecule has 1 heterocycles. The van der Waals surface area contributed by atoms with Gasteiger partial charge < -0.3 is 4.90 Å². The van der Waals surface area contributed by atoms with Gasteiger partial charge in [-0.3, -0.25) is 4.79 Å². The third-order valence-corrected chi connectivity index (χ3v) is 3.12. The molecule has 1 aliphatic heterocycles. The largest absolute Gasteiger partial charge is 0.342 e. The zero-order valence-electron chi connectivity index (χ0n) is 9.59. The normalized spacial score (nSPS) is 22.0. The number of likely N-dealkylation sites (tertiary alicyclic amines) is 1. The lowest BCUT2D eigenvalue weighted by Crippen LogP contribution is -2.41. The van der Waals surface area contributed by atoms with Gasteiger partial charge in [0.05, 0.1) is 0 Å². The molecule has 1 aliphatic carbocycles. The number of amides is 1. The fourth-order valence-electron chi connectivity index (χ4n) is 2.03. The molecule has 1 amide bonds. The highest BCUT2D eigenvalue weighted by Gasteiger charge is 2.29. The summed E-state index contributed by atoms with van der Waals surface area (Å²) in [5.41, 5.74) is 0. The van der Waals surface area contributed by atoms with Crippen LogP contribution in [0.25, 0.3) is 0 Å². The SMILES string of the molecule is CC.O=C(C1CCC1)N1CCCCC1. The third kappa shape index (κ3) is 2.73. The molecule has 0 bridgehead atoms. The number of nitrogens with zero attached hydrogens (tertiary/aromatic N) is 1. The molecule has 0 radical (unpaired) electrons. The van der Waals surface area contributed by atoms with Crippen molar-refractivity contribution in [1.82, 2.24) is 4.90 Å². The van der Waals surface area contributed by atoms with Crippen LogP contribution < -0.4 is 0 Å². The summed E-state index contributed by atoms with van der Waals surface area (Å²) in [4.78, 5) is 13.8. The molecule has 2 rings (SSSR count). The van der Waals surface area contributed by atoms with Crippen LogP contribution in [0.1, 0.15) is 52.4 Å². The summed E-state index contributed by atoms with van der Waals surface area (Å²) in [7, 11) is 0. The number of piperidine rings is 1. The van der Waals surface area contributed by atoms with Gasteiger partial charge in [-0.2, -0.15) is 0 Å². The molecule has 2 aliphatic rings. The summed E-state index contributed by atoms with van der Waals surface area (Å²) in [6.45, 7) is 6.05. The molecule has 0 atom stereocenters. The number of rotatable bonds is 1. The van der Waals surface area contributed by atoms with Gasteiger partial charge in [0.2, 0.25) is 5.91 Å². The van der Waals surface area contributed by atoms with Crippen LogP contribution in [0, 0.1) is 5.92 Å². The second-order valence-electron chi connectivity index (χ2n) is 4.01. The van der Waals surface area contributed by atoms with E-state index in [2.05, 4.69) is 4.90 Å². The molecule has 0 aromatic heterocycles. The Balaban J connectivity index is 0.000000461. The average molecular weight is 197 g/mol. The Morgan fingerprint density at radius 1 is 1.00 bits per heavy atom.